The van der Waals surface area contributed by atoms with Gasteiger partial charge in [0.05, 0.1) is 12.2 Å². The van der Waals surface area contributed by atoms with E-state index >= 15 is 0 Å². The summed E-state index contributed by atoms with van der Waals surface area (Å²) in [5.41, 5.74) is 2.92. The smallest absolute Gasteiger partial charge is 0.137 e. The van der Waals surface area contributed by atoms with Crippen molar-refractivity contribution >= 4 is 17.4 Å². The SMILES string of the molecule is CCc1c(Cl)ncnc1NCc1cccc(C)n1. The summed E-state index contributed by atoms with van der Waals surface area (Å²) >= 11 is 6.03. The third-order valence-electron chi connectivity index (χ3n) is 2.63. The van der Waals surface area contributed by atoms with Crippen LogP contribution in [0.3, 0.4) is 0 Å². The monoisotopic (exact) mass is 262 g/mol. The number of nitrogens with one attached hydrogen (secondary N) is 1. The van der Waals surface area contributed by atoms with Crippen LogP contribution in [0.25, 0.3) is 0 Å². The fourth-order valence-electron chi connectivity index (χ4n) is 1.73. The minimum atomic E-state index is 0.507. The molecule has 1 N–H and O–H groups in total. The van der Waals surface area contributed by atoms with Gasteiger partial charge < -0.3 is 5.32 Å². The summed E-state index contributed by atoms with van der Waals surface area (Å²) in [4.78, 5) is 12.6. The van der Waals surface area contributed by atoms with Crippen LogP contribution in [0, 0.1) is 6.92 Å². The minimum absolute atomic E-state index is 0.507. The Bertz CT molecular complexity index is 542. The molecule has 5 heteroatoms. The van der Waals surface area contributed by atoms with E-state index < -0.39 is 0 Å². The molecule has 0 radical (unpaired) electrons. The summed E-state index contributed by atoms with van der Waals surface area (Å²) in [5, 5.41) is 3.76. The van der Waals surface area contributed by atoms with E-state index in [1.807, 2.05) is 32.0 Å². The Morgan fingerprint density at radius 3 is 2.83 bits per heavy atom. The zero-order valence-corrected chi connectivity index (χ0v) is 11.2. The highest BCUT2D eigenvalue weighted by Crippen LogP contribution is 2.20. The van der Waals surface area contributed by atoms with Gasteiger partial charge in [0.15, 0.2) is 0 Å². The Morgan fingerprint density at radius 1 is 1.28 bits per heavy atom. The van der Waals surface area contributed by atoms with Crippen molar-refractivity contribution < 1.29 is 0 Å². The third-order valence-corrected chi connectivity index (χ3v) is 2.95. The fourth-order valence-corrected chi connectivity index (χ4v) is 2.00. The van der Waals surface area contributed by atoms with E-state index in [-0.39, 0.29) is 0 Å². The van der Waals surface area contributed by atoms with Crippen LogP contribution in [0.2, 0.25) is 5.15 Å². The Labute approximate surface area is 111 Å². The molecular weight excluding hydrogens is 248 g/mol. The molecule has 0 amide bonds. The quantitative estimate of drug-likeness (QED) is 0.861. The summed E-state index contributed by atoms with van der Waals surface area (Å²) in [7, 11) is 0. The topological polar surface area (TPSA) is 50.7 Å². The molecule has 0 fully saturated rings. The van der Waals surface area contributed by atoms with Gasteiger partial charge in [-0.15, -0.1) is 0 Å². The Morgan fingerprint density at radius 2 is 2.11 bits per heavy atom. The van der Waals surface area contributed by atoms with Gasteiger partial charge in [-0.3, -0.25) is 4.98 Å². The number of aromatic nitrogens is 3. The summed E-state index contributed by atoms with van der Waals surface area (Å²) in [5.74, 6) is 0.779. The van der Waals surface area contributed by atoms with Gasteiger partial charge in [0, 0.05) is 11.3 Å². The summed E-state index contributed by atoms with van der Waals surface area (Å²) in [6.07, 6.45) is 2.26. The lowest BCUT2D eigenvalue weighted by atomic mass is 10.2. The molecule has 0 aromatic carbocycles. The highest BCUT2D eigenvalue weighted by molar-refractivity contribution is 6.30. The van der Waals surface area contributed by atoms with Crippen LogP contribution >= 0.6 is 11.6 Å². The molecule has 2 heterocycles. The number of rotatable bonds is 4. The number of nitrogens with zero attached hydrogens (tertiary/aromatic N) is 3. The maximum Gasteiger partial charge on any atom is 0.137 e. The average Bonchev–Trinajstić information content (AvgIpc) is 2.36. The Kier molecular flexibility index (Phi) is 4.10. The van der Waals surface area contributed by atoms with Gasteiger partial charge in [-0.2, -0.15) is 0 Å². The molecule has 18 heavy (non-hydrogen) atoms. The van der Waals surface area contributed by atoms with Crippen LogP contribution < -0.4 is 5.32 Å². The van der Waals surface area contributed by atoms with Crippen LogP contribution in [0.4, 0.5) is 5.82 Å². The van der Waals surface area contributed by atoms with Crippen LogP contribution in [0.5, 0.6) is 0 Å². The van der Waals surface area contributed by atoms with Gasteiger partial charge in [-0.05, 0) is 25.5 Å². The van der Waals surface area contributed by atoms with Crippen molar-refractivity contribution in [3.63, 3.8) is 0 Å². The summed E-state index contributed by atoms with van der Waals surface area (Å²) in [6.45, 7) is 4.63. The van der Waals surface area contributed by atoms with E-state index in [0.29, 0.717) is 11.7 Å². The molecule has 0 atom stereocenters. The van der Waals surface area contributed by atoms with Crippen LogP contribution in [0.15, 0.2) is 24.5 Å². The first kappa shape index (κ1) is 12.8. The maximum atomic E-state index is 6.03. The molecule has 0 spiro atoms. The Hall–Kier alpha value is -1.68. The van der Waals surface area contributed by atoms with Crippen molar-refractivity contribution in [2.45, 2.75) is 26.8 Å². The Balaban J connectivity index is 2.13. The van der Waals surface area contributed by atoms with E-state index in [4.69, 9.17) is 11.6 Å². The zero-order valence-electron chi connectivity index (χ0n) is 10.4. The molecule has 0 aliphatic heterocycles. The first-order chi connectivity index (χ1) is 8.70. The molecule has 0 aliphatic carbocycles. The second-order valence-corrected chi connectivity index (χ2v) is 4.33. The lowest BCUT2D eigenvalue weighted by molar-refractivity contribution is 0.973. The average molecular weight is 263 g/mol. The predicted octanol–water partition coefficient (Wildman–Crippen LogP) is 3.01. The normalized spacial score (nSPS) is 10.4. The molecular formula is C13H15ClN4. The lowest BCUT2D eigenvalue weighted by Gasteiger charge is -2.10. The zero-order chi connectivity index (χ0) is 13.0. The van der Waals surface area contributed by atoms with Crippen molar-refractivity contribution in [2.24, 2.45) is 0 Å². The largest absolute Gasteiger partial charge is 0.364 e. The summed E-state index contributed by atoms with van der Waals surface area (Å²) < 4.78 is 0. The van der Waals surface area contributed by atoms with E-state index in [9.17, 15) is 0 Å². The molecule has 4 nitrogen and oxygen atoms in total. The standard InChI is InChI=1S/C13H15ClN4/c1-3-11-12(14)16-8-17-13(11)15-7-10-6-4-5-9(2)18-10/h4-6,8H,3,7H2,1-2H3,(H,15,16,17). The number of hydrogen-bond acceptors (Lipinski definition) is 4. The van der Waals surface area contributed by atoms with Crippen molar-refractivity contribution in [3.05, 3.63) is 46.6 Å². The van der Waals surface area contributed by atoms with Gasteiger partial charge in [-0.25, -0.2) is 9.97 Å². The van der Waals surface area contributed by atoms with Gasteiger partial charge in [0.25, 0.3) is 0 Å². The lowest BCUT2D eigenvalue weighted by Crippen LogP contribution is -2.07. The highest BCUT2D eigenvalue weighted by Gasteiger charge is 2.07. The molecule has 94 valence electrons. The number of pyridine rings is 1. The second-order valence-electron chi connectivity index (χ2n) is 3.97. The summed E-state index contributed by atoms with van der Waals surface area (Å²) in [6, 6.07) is 5.95. The third kappa shape index (κ3) is 2.96. The molecule has 2 aromatic rings. The van der Waals surface area contributed by atoms with Crippen LogP contribution in [0.1, 0.15) is 23.9 Å². The maximum absolute atomic E-state index is 6.03. The highest BCUT2D eigenvalue weighted by atomic mass is 35.5. The van der Waals surface area contributed by atoms with Crippen molar-refractivity contribution in [3.8, 4) is 0 Å². The molecule has 0 saturated carbocycles. The predicted molar refractivity (Wildman–Crippen MR) is 72.7 cm³/mol. The van der Waals surface area contributed by atoms with Crippen molar-refractivity contribution in [1.82, 2.24) is 15.0 Å². The molecule has 0 bridgehead atoms. The first-order valence-electron chi connectivity index (χ1n) is 5.86. The van der Waals surface area contributed by atoms with Crippen molar-refractivity contribution in [2.75, 3.05) is 5.32 Å². The minimum Gasteiger partial charge on any atom is -0.364 e. The van der Waals surface area contributed by atoms with Crippen LogP contribution in [-0.4, -0.2) is 15.0 Å². The van der Waals surface area contributed by atoms with E-state index in [0.717, 1.165) is 29.2 Å². The fraction of sp³-hybridized carbons (Fsp3) is 0.308. The molecule has 0 aliphatic rings. The molecule has 0 saturated heterocycles. The molecule has 2 rings (SSSR count). The number of halogens is 1. The van der Waals surface area contributed by atoms with E-state index in [1.54, 1.807) is 0 Å². The second kappa shape index (κ2) is 5.78. The first-order valence-corrected chi connectivity index (χ1v) is 6.24. The van der Waals surface area contributed by atoms with E-state index in [1.165, 1.54) is 6.33 Å². The van der Waals surface area contributed by atoms with E-state index in [2.05, 4.69) is 20.3 Å². The van der Waals surface area contributed by atoms with Crippen molar-refractivity contribution in [1.29, 1.82) is 0 Å². The molecule has 0 unspecified atom stereocenters. The van der Waals surface area contributed by atoms with Gasteiger partial charge >= 0.3 is 0 Å². The van der Waals surface area contributed by atoms with Gasteiger partial charge in [-0.1, -0.05) is 24.6 Å². The number of anilines is 1. The van der Waals surface area contributed by atoms with Gasteiger partial charge in [0.2, 0.25) is 0 Å². The molecule has 2 aromatic heterocycles. The van der Waals surface area contributed by atoms with Crippen LogP contribution in [-0.2, 0) is 13.0 Å². The van der Waals surface area contributed by atoms with Gasteiger partial charge in [0.1, 0.15) is 17.3 Å². The number of aryl methyl sites for hydroxylation is 1. The number of hydrogen-bond donors (Lipinski definition) is 1.